The van der Waals surface area contributed by atoms with Gasteiger partial charge in [0.25, 0.3) is 0 Å². The van der Waals surface area contributed by atoms with E-state index in [2.05, 4.69) is 5.32 Å². The minimum Gasteiger partial charge on any atom is -0.378 e. The van der Waals surface area contributed by atoms with Crippen LogP contribution in [0.25, 0.3) is 0 Å². The molecule has 1 aromatic carbocycles. The summed E-state index contributed by atoms with van der Waals surface area (Å²) < 4.78 is 32.3. The van der Waals surface area contributed by atoms with E-state index in [0.29, 0.717) is 12.0 Å². The lowest BCUT2D eigenvalue weighted by Gasteiger charge is -2.20. The lowest BCUT2D eigenvalue weighted by molar-refractivity contribution is 0.0950. The molecule has 0 aromatic heterocycles. The quantitative estimate of drug-likeness (QED) is 0.875. The Kier molecular flexibility index (Phi) is 4.07. The summed E-state index contributed by atoms with van der Waals surface area (Å²) in [4.78, 5) is 0. The first-order chi connectivity index (χ1) is 8.20. The summed E-state index contributed by atoms with van der Waals surface area (Å²) in [6, 6.07) is 3.36. The highest BCUT2D eigenvalue weighted by Gasteiger charge is 2.23. The van der Waals surface area contributed by atoms with Crippen LogP contribution in [0, 0.1) is 11.6 Å². The molecule has 1 fully saturated rings. The van der Waals surface area contributed by atoms with Crippen molar-refractivity contribution in [3.63, 3.8) is 0 Å². The van der Waals surface area contributed by atoms with E-state index >= 15 is 0 Å². The fourth-order valence-electron chi connectivity index (χ4n) is 2.28. The number of hydrogen-bond acceptors (Lipinski definition) is 2. The van der Waals surface area contributed by atoms with Gasteiger partial charge in [-0.25, -0.2) is 8.78 Å². The fraction of sp³-hybridized carbons (Fsp3) is 0.538. The highest BCUT2D eigenvalue weighted by Crippen LogP contribution is 2.26. The Balaban J connectivity index is 2.13. The molecule has 0 radical (unpaired) electrons. The molecule has 2 nitrogen and oxygen atoms in total. The predicted octanol–water partition coefficient (Wildman–Crippen LogP) is 2.79. The Morgan fingerprint density at radius 1 is 1.47 bits per heavy atom. The Labute approximate surface area is 100.0 Å². The molecule has 1 N–H and O–H groups in total. The van der Waals surface area contributed by atoms with Crippen LogP contribution in [0.1, 0.15) is 30.9 Å². The normalized spacial score (nSPS) is 21.7. The van der Waals surface area contributed by atoms with Crippen molar-refractivity contribution < 1.29 is 13.5 Å². The van der Waals surface area contributed by atoms with Gasteiger partial charge < -0.3 is 10.1 Å². The molecule has 1 aliphatic heterocycles. The first-order valence-electron chi connectivity index (χ1n) is 5.94. The number of hydrogen-bond donors (Lipinski definition) is 1. The van der Waals surface area contributed by atoms with Crippen molar-refractivity contribution in [3.8, 4) is 0 Å². The Bertz CT molecular complexity index is 378. The second kappa shape index (κ2) is 5.56. The zero-order valence-corrected chi connectivity index (χ0v) is 9.88. The Hall–Kier alpha value is -1.00. The van der Waals surface area contributed by atoms with Crippen LogP contribution < -0.4 is 5.32 Å². The molecule has 1 aliphatic rings. The second-order valence-electron chi connectivity index (χ2n) is 4.38. The van der Waals surface area contributed by atoms with Crippen LogP contribution in [0.3, 0.4) is 0 Å². The zero-order chi connectivity index (χ0) is 12.3. The fourth-order valence-corrected chi connectivity index (χ4v) is 2.28. The van der Waals surface area contributed by atoms with E-state index in [-0.39, 0.29) is 18.0 Å². The molecule has 0 spiro atoms. The summed E-state index contributed by atoms with van der Waals surface area (Å²) in [6.07, 6.45) is 2.87. The molecule has 4 heteroatoms. The van der Waals surface area contributed by atoms with Crippen LogP contribution in [0.4, 0.5) is 8.78 Å². The smallest absolute Gasteiger partial charge is 0.128 e. The summed E-state index contributed by atoms with van der Waals surface area (Å²) in [5, 5.41) is 3.03. The first kappa shape index (κ1) is 12.5. The number of nitrogens with one attached hydrogen (secondary N) is 1. The van der Waals surface area contributed by atoms with Gasteiger partial charge >= 0.3 is 0 Å². The van der Waals surface area contributed by atoms with Gasteiger partial charge in [0.2, 0.25) is 0 Å². The summed E-state index contributed by atoms with van der Waals surface area (Å²) >= 11 is 0. The van der Waals surface area contributed by atoms with Crippen LogP contribution in [0.2, 0.25) is 0 Å². The molecule has 17 heavy (non-hydrogen) atoms. The summed E-state index contributed by atoms with van der Waals surface area (Å²) in [5.74, 6) is -0.780. The minimum absolute atomic E-state index is 0.148. The Morgan fingerprint density at radius 3 is 2.94 bits per heavy atom. The molecule has 0 aliphatic carbocycles. The van der Waals surface area contributed by atoms with Gasteiger partial charge in [-0.3, -0.25) is 0 Å². The number of benzene rings is 1. The molecule has 0 bridgehead atoms. The van der Waals surface area contributed by atoms with Crippen molar-refractivity contribution in [3.05, 3.63) is 35.4 Å². The second-order valence-corrected chi connectivity index (χ2v) is 4.38. The van der Waals surface area contributed by atoms with Gasteiger partial charge in [0, 0.05) is 18.2 Å². The van der Waals surface area contributed by atoms with Gasteiger partial charge in [-0.05, 0) is 44.5 Å². The standard InChI is InChI=1S/C13H17F2NO/c1-16-13(8-10-3-2-6-17-10)11-7-9(14)4-5-12(11)15/h4-5,7,10,13,16H,2-3,6,8H2,1H3. The van der Waals surface area contributed by atoms with Crippen molar-refractivity contribution in [1.82, 2.24) is 5.32 Å². The molecule has 94 valence electrons. The van der Waals surface area contributed by atoms with E-state index in [0.717, 1.165) is 25.5 Å². The van der Waals surface area contributed by atoms with E-state index in [1.807, 2.05) is 0 Å². The molecule has 1 aromatic rings. The van der Waals surface area contributed by atoms with E-state index in [1.54, 1.807) is 7.05 Å². The highest BCUT2D eigenvalue weighted by atomic mass is 19.1. The van der Waals surface area contributed by atoms with Crippen molar-refractivity contribution >= 4 is 0 Å². The highest BCUT2D eigenvalue weighted by molar-refractivity contribution is 5.22. The molecule has 0 amide bonds. The van der Waals surface area contributed by atoms with Gasteiger partial charge in [0.1, 0.15) is 11.6 Å². The molecular weight excluding hydrogens is 224 g/mol. The van der Waals surface area contributed by atoms with Crippen molar-refractivity contribution in [2.24, 2.45) is 0 Å². The van der Waals surface area contributed by atoms with Gasteiger partial charge in [0.15, 0.2) is 0 Å². The molecule has 1 heterocycles. The van der Waals surface area contributed by atoms with Gasteiger partial charge in [-0.1, -0.05) is 0 Å². The number of rotatable bonds is 4. The molecular formula is C13H17F2NO. The van der Waals surface area contributed by atoms with Gasteiger partial charge in [-0.2, -0.15) is 0 Å². The average Bonchev–Trinajstić information content (AvgIpc) is 2.82. The third-order valence-corrected chi connectivity index (χ3v) is 3.20. The lowest BCUT2D eigenvalue weighted by atomic mass is 9.99. The summed E-state index contributed by atoms with van der Waals surface area (Å²) in [5.41, 5.74) is 0.378. The van der Waals surface area contributed by atoms with E-state index in [1.165, 1.54) is 12.1 Å². The van der Waals surface area contributed by atoms with Crippen LogP contribution in [0.15, 0.2) is 18.2 Å². The molecule has 0 saturated carbocycles. The minimum atomic E-state index is -0.408. The van der Waals surface area contributed by atoms with Crippen molar-refractivity contribution in [1.29, 1.82) is 0 Å². The van der Waals surface area contributed by atoms with Crippen molar-refractivity contribution in [2.45, 2.75) is 31.4 Å². The van der Waals surface area contributed by atoms with Crippen LogP contribution in [0.5, 0.6) is 0 Å². The van der Waals surface area contributed by atoms with E-state index in [4.69, 9.17) is 4.74 Å². The summed E-state index contributed by atoms with van der Waals surface area (Å²) in [6.45, 7) is 0.771. The van der Waals surface area contributed by atoms with E-state index in [9.17, 15) is 8.78 Å². The number of ether oxygens (including phenoxy) is 1. The maximum atomic E-state index is 13.6. The maximum Gasteiger partial charge on any atom is 0.128 e. The molecule has 2 rings (SSSR count). The third kappa shape index (κ3) is 3.01. The van der Waals surface area contributed by atoms with Gasteiger partial charge in [-0.15, -0.1) is 0 Å². The molecule has 2 atom stereocenters. The third-order valence-electron chi connectivity index (χ3n) is 3.20. The molecule has 2 unspecified atom stereocenters. The van der Waals surface area contributed by atoms with E-state index < -0.39 is 5.82 Å². The lowest BCUT2D eigenvalue weighted by Crippen LogP contribution is -2.23. The SMILES string of the molecule is CNC(CC1CCCO1)c1cc(F)ccc1F. The Morgan fingerprint density at radius 2 is 2.29 bits per heavy atom. The largest absolute Gasteiger partial charge is 0.378 e. The van der Waals surface area contributed by atoms with Crippen LogP contribution in [-0.2, 0) is 4.74 Å². The number of halogens is 2. The monoisotopic (exact) mass is 241 g/mol. The predicted molar refractivity (Wildman–Crippen MR) is 61.7 cm³/mol. The zero-order valence-electron chi connectivity index (χ0n) is 9.88. The van der Waals surface area contributed by atoms with Crippen LogP contribution >= 0.6 is 0 Å². The topological polar surface area (TPSA) is 21.3 Å². The molecule has 1 saturated heterocycles. The summed E-state index contributed by atoms with van der Waals surface area (Å²) in [7, 11) is 1.75. The van der Waals surface area contributed by atoms with Gasteiger partial charge in [0.05, 0.1) is 6.10 Å². The first-order valence-corrected chi connectivity index (χ1v) is 5.94. The van der Waals surface area contributed by atoms with Crippen molar-refractivity contribution in [2.75, 3.05) is 13.7 Å². The average molecular weight is 241 g/mol. The van der Waals surface area contributed by atoms with Crippen LogP contribution in [-0.4, -0.2) is 19.8 Å². The maximum absolute atomic E-state index is 13.6.